The van der Waals surface area contributed by atoms with Crippen LogP contribution in [0.3, 0.4) is 0 Å². The summed E-state index contributed by atoms with van der Waals surface area (Å²) in [5.41, 5.74) is 9.94. The molecule has 2 rings (SSSR count). The minimum atomic E-state index is -0.0106. The van der Waals surface area contributed by atoms with Crippen LogP contribution in [0, 0.1) is 0 Å². The summed E-state index contributed by atoms with van der Waals surface area (Å²) >= 11 is 5.99. The molecule has 1 nitrogen and oxygen atoms in total. The molecular weight excluding hydrogens is 254 g/mol. The Balaban J connectivity index is 2.08. The molecular formula is C17H20ClN. The first-order chi connectivity index (χ1) is 9.06. The highest BCUT2D eigenvalue weighted by molar-refractivity contribution is 6.30. The maximum Gasteiger partial charge on any atom is 0.0409 e. The Kier molecular flexibility index (Phi) is 4.62. The molecule has 0 spiro atoms. The van der Waals surface area contributed by atoms with Gasteiger partial charge in [0, 0.05) is 11.1 Å². The fourth-order valence-corrected chi connectivity index (χ4v) is 2.35. The van der Waals surface area contributed by atoms with E-state index in [0.717, 1.165) is 17.0 Å². The van der Waals surface area contributed by atoms with E-state index in [9.17, 15) is 0 Å². The van der Waals surface area contributed by atoms with E-state index in [1.165, 1.54) is 11.1 Å². The standard InChI is InChI=1S/C17H20ClN/c1-12(2)14-8-6-13(7-9-14)10-17(19)15-4-3-5-16(18)11-15/h3-9,11-12,17H,10,19H2,1-2H3. The van der Waals surface area contributed by atoms with E-state index in [-0.39, 0.29) is 6.04 Å². The van der Waals surface area contributed by atoms with Crippen LogP contribution in [-0.2, 0) is 6.42 Å². The third-order valence-electron chi connectivity index (χ3n) is 3.38. The van der Waals surface area contributed by atoms with Crippen LogP contribution in [0.15, 0.2) is 48.5 Å². The van der Waals surface area contributed by atoms with Crippen LogP contribution in [0.4, 0.5) is 0 Å². The van der Waals surface area contributed by atoms with Crippen molar-refractivity contribution in [1.82, 2.24) is 0 Å². The van der Waals surface area contributed by atoms with Crippen molar-refractivity contribution in [2.24, 2.45) is 5.73 Å². The Morgan fingerprint density at radius 1 is 1.00 bits per heavy atom. The monoisotopic (exact) mass is 273 g/mol. The van der Waals surface area contributed by atoms with Gasteiger partial charge in [0.05, 0.1) is 0 Å². The second-order valence-corrected chi connectivity index (χ2v) is 5.70. The molecule has 0 fully saturated rings. The van der Waals surface area contributed by atoms with Gasteiger partial charge < -0.3 is 5.73 Å². The van der Waals surface area contributed by atoms with Crippen molar-refractivity contribution in [2.75, 3.05) is 0 Å². The molecule has 0 radical (unpaired) electrons. The zero-order chi connectivity index (χ0) is 13.8. The van der Waals surface area contributed by atoms with Crippen molar-refractivity contribution < 1.29 is 0 Å². The van der Waals surface area contributed by atoms with Crippen LogP contribution < -0.4 is 5.73 Å². The van der Waals surface area contributed by atoms with Crippen LogP contribution in [0.2, 0.25) is 5.02 Å². The molecule has 1 atom stereocenters. The quantitative estimate of drug-likeness (QED) is 0.858. The van der Waals surface area contributed by atoms with Gasteiger partial charge in [-0.2, -0.15) is 0 Å². The van der Waals surface area contributed by atoms with E-state index in [1.54, 1.807) is 0 Å². The summed E-state index contributed by atoms with van der Waals surface area (Å²) < 4.78 is 0. The van der Waals surface area contributed by atoms with E-state index in [0.29, 0.717) is 5.92 Å². The predicted octanol–water partition coefficient (Wildman–Crippen LogP) is 4.71. The molecule has 2 N–H and O–H groups in total. The van der Waals surface area contributed by atoms with Crippen LogP contribution >= 0.6 is 11.6 Å². The minimum Gasteiger partial charge on any atom is -0.324 e. The molecule has 0 bridgehead atoms. The van der Waals surface area contributed by atoms with Gasteiger partial charge in [0.15, 0.2) is 0 Å². The normalized spacial score (nSPS) is 12.7. The lowest BCUT2D eigenvalue weighted by Gasteiger charge is -2.13. The number of rotatable bonds is 4. The summed E-state index contributed by atoms with van der Waals surface area (Å²) in [6, 6.07) is 16.5. The maximum atomic E-state index is 6.24. The number of hydrogen-bond donors (Lipinski definition) is 1. The van der Waals surface area contributed by atoms with Crippen molar-refractivity contribution in [3.8, 4) is 0 Å². The fourth-order valence-electron chi connectivity index (χ4n) is 2.15. The zero-order valence-electron chi connectivity index (χ0n) is 11.4. The second kappa shape index (κ2) is 6.23. The maximum absolute atomic E-state index is 6.24. The molecule has 0 saturated carbocycles. The Labute approximate surface area is 120 Å². The molecule has 2 heteroatoms. The van der Waals surface area contributed by atoms with E-state index in [1.807, 2.05) is 24.3 Å². The third kappa shape index (κ3) is 3.82. The minimum absolute atomic E-state index is 0.0106. The molecule has 0 heterocycles. The number of nitrogens with two attached hydrogens (primary N) is 1. The molecule has 19 heavy (non-hydrogen) atoms. The lowest BCUT2D eigenvalue weighted by atomic mass is 9.96. The van der Waals surface area contributed by atoms with E-state index in [4.69, 9.17) is 17.3 Å². The summed E-state index contributed by atoms with van der Waals surface area (Å²) in [6.45, 7) is 4.40. The summed E-state index contributed by atoms with van der Waals surface area (Å²) in [7, 11) is 0. The smallest absolute Gasteiger partial charge is 0.0409 e. The molecule has 0 aromatic heterocycles. The first-order valence-electron chi connectivity index (χ1n) is 6.66. The van der Waals surface area contributed by atoms with Crippen molar-refractivity contribution >= 4 is 11.6 Å². The molecule has 0 aliphatic rings. The number of benzene rings is 2. The first kappa shape index (κ1) is 14.1. The van der Waals surface area contributed by atoms with Crippen molar-refractivity contribution in [2.45, 2.75) is 32.2 Å². The largest absolute Gasteiger partial charge is 0.324 e. The van der Waals surface area contributed by atoms with E-state index < -0.39 is 0 Å². The van der Waals surface area contributed by atoms with Gasteiger partial charge in [0.25, 0.3) is 0 Å². The van der Waals surface area contributed by atoms with Gasteiger partial charge in [0.1, 0.15) is 0 Å². The van der Waals surface area contributed by atoms with Crippen LogP contribution in [0.25, 0.3) is 0 Å². The highest BCUT2D eigenvalue weighted by atomic mass is 35.5. The number of hydrogen-bond acceptors (Lipinski definition) is 1. The lowest BCUT2D eigenvalue weighted by molar-refractivity contribution is 0.721. The predicted molar refractivity (Wildman–Crippen MR) is 82.6 cm³/mol. The summed E-state index contributed by atoms with van der Waals surface area (Å²) in [5, 5.41) is 0.739. The molecule has 0 aliphatic carbocycles. The van der Waals surface area contributed by atoms with Crippen LogP contribution in [0.5, 0.6) is 0 Å². The van der Waals surface area contributed by atoms with Crippen LogP contribution in [-0.4, -0.2) is 0 Å². The van der Waals surface area contributed by atoms with E-state index >= 15 is 0 Å². The molecule has 2 aromatic carbocycles. The van der Waals surface area contributed by atoms with Gasteiger partial charge in [-0.1, -0.05) is 61.8 Å². The Hall–Kier alpha value is -1.31. The lowest BCUT2D eigenvalue weighted by Crippen LogP contribution is -2.13. The van der Waals surface area contributed by atoms with E-state index in [2.05, 4.69) is 38.1 Å². The highest BCUT2D eigenvalue weighted by Gasteiger charge is 2.08. The molecule has 0 amide bonds. The van der Waals surface area contributed by atoms with Crippen molar-refractivity contribution in [1.29, 1.82) is 0 Å². The summed E-state index contributed by atoms with van der Waals surface area (Å²) in [5.74, 6) is 0.565. The van der Waals surface area contributed by atoms with Crippen molar-refractivity contribution in [3.05, 3.63) is 70.2 Å². The Morgan fingerprint density at radius 2 is 1.68 bits per heavy atom. The van der Waals surface area contributed by atoms with Gasteiger partial charge in [-0.25, -0.2) is 0 Å². The fraction of sp³-hybridized carbons (Fsp3) is 0.294. The van der Waals surface area contributed by atoms with Gasteiger partial charge in [-0.05, 0) is 41.2 Å². The van der Waals surface area contributed by atoms with Gasteiger partial charge in [-0.3, -0.25) is 0 Å². The van der Waals surface area contributed by atoms with Crippen molar-refractivity contribution in [3.63, 3.8) is 0 Å². The van der Waals surface area contributed by atoms with Gasteiger partial charge in [0.2, 0.25) is 0 Å². The molecule has 1 unspecified atom stereocenters. The first-order valence-corrected chi connectivity index (χ1v) is 7.04. The molecule has 100 valence electrons. The molecule has 2 aromatic rings. The second-order valence-electron chi connectivity index (χ2n) is 5.26. The molecule has 0 aliphatic heterocycles. The summed E-state index contributed by atoms with van der Waals surface area (Å²) in [4.78, 5) is 0. The molecule has 0 saturated heterocycles. The summed E-state index contributed by atoms with van der Waals surface area (Å²) in [6.07, 6.45) is 0.832. The third-order valence-corrected chi connectivity index (χ3v) is 3.61. The number of halogens is 1. The average Bonchev–Trinajstić information content (AvgIpc) is 2.39. The Morgan fingerprint density at radius 3 is 2.26 bits per heavy atom. The van der Waals surface area contributed by atoms with Gasteiger partial charge in [-0.15, -0.1) is 0 Å². The SMILES string of the molecule is CC(C)c1ccc(CC(N)c2cccc(Cl)c2)cc1. The topological polar surface area (TPSA) is 26.0 Å². The average molecular weight is 274 g/mol. The van der Waals surface area contributed by atoms with Crippen LogP contribution in [0.1, 0.15) is 42.5 Å². The zero-order valence-corrected chi connectivity index (χ0v) is 12.2. The Bertz CT molecular complexity index is 531. The van der Waals surface area contributed by atoms with Gasteiger partial charge >= 0.3 is 0 Å². The highest BCUT2D eigenvalue weighted by Crippen LogP contribution is 2.21.